The van der Waals surface area contributed by atoms with Crippen molar-refractivity contribution in [1.29, 1.82) is 0 Å². The zero-order valence-corrected chi connectivity index (χ0v) is 12.6. The van der Waals surface area contributed by atoms with E-state index in [2.05, 4.69) is 11.9 Å². The van der Waals surface area contributed by atoms with Crippen molar-refractivity contribution in [2.45, 2.75) is 25.8 Å². The van der Waals surface area contributed by atoms with Crippen molar-refractivity contribution in [3.8, 4) is 0 Å². The van der Waals surface area contributed by atoms with Gasteiger partial charge in [0.05, 0.1) is 12.0 Å². The number of nitrogens with zero attached hydrogens (tertiary/aromatic N) is 1. The highest BCUT2D eigenvalue weighted by Crippen LogP contribution is 2.35. The van der Waals surface area contributed by atoms with Gasteiger partial charge < -0.3 is 10.2 Å². The SMILES string of the molecule is C=CCNC(=O)[C@@H]1CCC(=O)N(C)[C@@H]1c1ccc(C)cc1. The second-order valence-electron chi connectivity index (χ2n) is 5.54. The van der Waals surface area contributed by atoms with Gasteiger partial charge in [0.15, 0.2) is 0 Å². The van der Waals surface area contributed by atoms with Gasteiger partial charge in [0.2, 0.25) is 11.8 Å². The molecule has 4 nitrogen and oxygen atoms in total. The van der Waals surface area contributed by atoms with Crippen LogP contribution in [0.5, 0.6) is 0 Å². The van der Waals surface area contributed by atoms with E-state index in [1.165, 1.54) is 0 Å². The summed E-state index contributed by atoms with van der Waals surface area (Å²) in [5.41, 5.74) is 2.17. The summed E-state index contributed by atoms with van der Waals surface area (Å²) in [6.07, 6.45) is 2.67. The molecule has 112 valence electrons. The Kier molecular flexibility index (Phi) is 4.78. The van der Waals surface area contributed by atoms with Gasteiger partial charge in [-0.25, -0.2) is 0 Å². The van der Waals surface area contributed by atoms with Crippen molar-refractivity contribution < 1.29 is 9.59 Å². The minimum Gasteiger partial charge on any atom is -0.352 e. The molecule has 0 radical (unpaired) electrons. The summed E-state index contributed by atoms with van der Waals surface area (Å²) in [6.45, 7) is 6.09. The maximum atomic E-state index is 12.4. The molecular weight excluding hydrogens is 264 g/mol. The summed E-state index contributed by atoms with van der Waals surface area (Å²) in [7, 11) is 1.78. The number of nitrogens with one attached hydrogen (secondary N) is 1. The Morgan fingerprint density at radius 1 is 1.43 bits per heavy atom. The van der Waals surface area contributed by atoms with E-state index in [4.69, 9.17) is 0 Å². The largest absolute Gasteiger partial charge is 0.352 e. The van der Waals surface area contributed by atoms with Gasteiger partial charge in [-0.1, -0.05) is 35.9 Å². The minimum atomic E-state index is -0.213. The second-order valence-corrected chi connectivity index (χ2v) is 5.54. The third kappa shape index (κ3) is 3.32. The fraction of sp³-hybridized carbons (Fsp3) is 0.412. The van der Waals surface area contributed by atoms with Crippen molar-refractivity contribution in [3.05, 3.63) is 48.0 Å². The Bertz CT molecular complexity index is 536. The Morgan fingerprint density at radius 3 is 2.71 bits per heavy atom. The van der Waals surface area contributed by atoms with Crippen LogP contribution in [0.1, 0.15) is 30.0 Å². The topological polar surface area (TPSA) is 49.4 Å². The van der Waals surface area contributed by atoms with Crippen molar-refractivity contribution in [1.82, 2.24) is 10.2 Å². The number of amides is 2. The first-order chi connectivity index (χ1) is 10.0. The van der Waals surface area contributed by atoms with E-state index in [9.17, 15) is 9.59 Å². The fourth-order valence-electron chi connectivity index (χ4n) is 2.84. The van der Waals surface area contributed by atoms with Gasteiger partial charge in [-0.3, -0.25) is 9.59 Å². The van der Waals surface area contributed by atoms with Crippen LogP contribution in [-0.2, 0) is 9.59 Å². The summed E-state index contributed by atoms with van der Waals surface area (Å²) in [5.74, 6) is -0.136. The highest BCUT2D eigenvalue weighted by molar-refractivity contribution is 5.85. The number of carbonyl (C=O) groups is 2. The molecule has 1 aliphatic heterocycles. The molecule has 1 saturated heterocycles. The highest BCUT2D eigenvalue weighted by atomic mass is 16.2. The zero-order valence-electron chi connectivity index (χ0n) is 12.6. The van der Waals surface area contributed by atoms with Gasteiger partial charge >= 0.3 is 0 Å². The Labute approximate surface area is 125 Å². The van der Waals surface area contributed by atoms with Crippen LogP contribution in [-0.4, -0.2) is 30.3 Å². The number of piperidine rings is 1. The summed E-state index contributed by atoms with van der Waals surface area (Å²) >= 11 is 0. The molecule has 1 heterocycles. The van der Waals surface area contributed by atoms with E-state index in [1.54, 1.807) is 18.0 Å². The van der Waals surface area contributed by atoms with Gasteiger partial charge in [-0.05, 0) is 18.9 Å². The van der Waals surface area contributed by atoms with E-state index in [0.717, 1.165) is 11.1 Å². The maximum Gasteiger partial charge on any atom is 0.225 e. The van der Waals surface area contributed by atoms with Crippen molar-refractivity contribution >= 4 is 11.8 Å². The van der Waals surface area contributed by atoms with E-state index < -0.39 is 0 Å². The first kappa shape index (κ1) is 15.3. The predicted molar refractivity (Wildman–Crippen MR) is 82.6 cm³/mol. The molecule has 4 heteroatoms. The van der Waals surface area contributed by atoms with Crippen LogP contribution in [0.25, 0.3) is 0 Å². The van der Waals surface area contributed by atoms with Gasteiger partial charge in [-0.15, -0.1) is 6.58 Å². The molecule has 0 aliphatic carbocycles. The number of rotatable bonds is 4. The molecule has 2 amide bonds. The predicted octanol–water partition coefficient (Wildman–Crippen LogP) is 2.21. The minimum absolute atomic E-state index is 0.0141. The molecule has 2 rings (SSSR count). The lowest BCUT2D eigenvalue weighted by atomic mass is 9.83. The van der Waals surface area contributed by atoms with E-state index in [1.807, 2.05) is 31.2 Å². The summed E-state index contributed by atoms with van der Waals surface area (Å²) in [6, 6.07) is 7.84. The van der Waals surface area contributed by atoms with Crippen molar-refractivity contribution in [3.63, 3.8) is 0 Å². The summed E-state index contributed by atoms with van der Waals surface area (Å²) < 4.78 is 0. The van der Waals surface area contributed by atoms with Gasteiger partial charge in [0, 0.05) is 20.0 Å². The van der Waals surface area contributed by atoms with Crippen LogP contribution >= 0.6 is 0 Å². The average Bonchev–Trinajstić information content (AvgIpc) is 2.48. The smallest absolute Gasteiger partial charge is 0.225 e. The fourth-order valence-corrected chi connectivity index (χ4v) is 2.84. The summed E-state index contributed by atoms with van der Waals surface area (Å²) in [5, 5.41) is 2.85. The lowest BCUT2D eigenvalue weighted by Gasteiger charge is -2.38. The maximum absolute atomic E-state index is 12.4. The molecule has 0 saturated carbocycles. The normalized spacial score (nSPS) is 22.0. The van der Waals surface area contributed by atoms with Crippen LogP contribution in [0.4, 0.5) is 0 Å². The van der Waals surface area contributed by atoms with Crippen LogP contribution in [0.3, 0.4) is 0 Å². The third-order valence-electron chi connectivity index (χ3n) is 4.04. The van der Waals surface area contributed by atoms with E-state index >= 15 is 0 Å². The molecule has 2 atom stereocenters. The average molecular weight is 286 g/mol. The molecule has 1 N–H and O–H groups in total. The molecule has 1 aromatic carbocycles. The standard InChI is InChI=1S/C17H22N2O2/c1-4-11-18-17(21)14-9-10-15(20)19(3)16(14)13-7-5-12(2)6-8-13/h4-8,14,16H,1,9-11H2,2-3H3,(H,18,21)/t14-,16-/m1/s1. The number of benzene rings is 1. The molecule has 0 spiro atoms. The van der Waals surface area contributed by atoms with Gasteiger partial charge in [0.1, 0.15) is 0 Å². The van der Waals surface area contributed by atoms with Crippen LogP contribution in [0, 0.1) is 12.8 Å². The quantitative estimate of drug-likeness (QED) is 0.863. The number of carbonyl (C=O) groups excluding carboxylic acids is 2. The number of hydrogen-bond donors (Lipinski definition) is 1. The summed E-state index contributed by atoms with van der Waals surface area (Å²) in [4.78, 5) is 26.1. The third-order valence-corrected chi connectivity index (χ3v) is 4.04. The first-order valence-electron chi connectivity index (χ1n) is 7.25. The van der Waals surface area contributed by atoms with Gasteiger partial charge in [0.25, 0.3) is 0 Å². The molecule has 21 heavy (non-hydrogen) atoms. The van der Waals surface area contributed by atoms with Crippen LogP contribution in [0.2, 0.25) is 0 Å². The molecule has 1 aliphatic rings. The van der Waals surface area contributed by atoms with Crippen molar-refractivity contribution in [2.75, 3.05) is 13.6 Å². The number of aryl methyl sites for hydroxylation is 1. The lowest BCUT2D eigenvalue weighted by Crippen LogP contribution is -2.46. The Balaban J connectivity index is 2.28. The Morgan fingerprint density at radius 2 is 2.10 bits per heavy atom. The Hall–Kier alpha value is -2.10. The molecule has 0 aromatic heterocycles. The molecule has 0 bridgehead atoms. The van der Waals surface area contributed by atoms with Crippen molar-refractivity contribution in [2.24, 2.45) is 5.92 Å². The van der Waals surface area contributed by atoms with Gasteiger partial charge in [-0.2, -0.15) is 0 Å². The molecule has 0 unspecified atom stereocenters. The van der Waals surface area contributed by atoms with Crippen LogP contribution in [0.15, 0.2) is 36.9 Å². The second kappa shape index (κ2) is 6.57. The van der Waals surface area contributed by atoms with E-state index in [-0.39, 0.29) is 23.8 Å². The molecular formula is C17H22N2O2. The van der Waals surface area contributed by atoms with Crippen LogP contribution < -0.4 is 5.32 Å². The number of likely N-dealkylation sites (tertiary alicyclic amines) is 1. The zero-order chi connectivity index (χ0) is 15.4. The number of hydrogen-bond acceptors (Lipinski definition) is 2. The highest BCUT2D eigenvalue weighted by Gasteiger charge is 2.38. The lowest BCUT2D eigenvalue weighted by molar-refractivity contribution is -0.141. The van der Waals surface area contributed by atoms with E-state index in [0.29, 0.717) is 19.4 Å². The first-order valence-corrected chi connectivity index (χ1v) is 7.25. The molecule has 1 aromatic rings. The monoisotopic (exact) mass is 286 g/mol. The molecule has 1 fully saturated rings.